The van der Waals surface area contributed by atoms with Crippen LogP contribution in [0.15, 0.2) is 24.3 Å². The number of hydrogen-bond acceptors (Lipinski definition) is 2. The minimum atomic E-state index is -0.157. The Hall–Kier alpha value is -0.930. The first kappa shape index (κ1) is 14.5. The fourth-order valence-electron chi connectivity index (χ4n) is 2.99. The van der Waals surface area contributed by atoms with Crippen molar-refractivity contribution in [2.24, 2.45) is 0 Å². The second-order valence-corrected chi connectivity index (χ2v) is 5.61. The van der Waals surface area contributed by atoms with Gasteiger partial charge < -0.3 is 10.0 Å². The van der Waals surface area contributed by atoms with Crippen LogP contribution >= 0.6 is 0 Å². The van der Waals surface area contributed by atoms with E-state index >= 15 is 0 Å². The molecule has 0 spiro atoms. The predicted octanol–water partition coefficient (Wildman–Crippen LogP) is 3.17. The van der Waals surface area contributed by atoms with Crippen molar-refractivity contribution in [1.29, 1.82) is 0 Å². The summed E-state index contributed by atoms with van der Waals surface area (Å²) in [5, 5.41) is 8.78. The number of hydrogen-bond donors (Lipinski definition) is 1. The molecule has 1 heterocycles. The largest absolute Gasteiger partial charge is 0.396 e. The van der Waals surface area contributed by atoms with Crippen LogP contribution in [-0.4, -0.2) is 35.7 Å². The third-order valence-electron chi connectivity index (χ3n) is 4.15. The van der Waals surface area contributed by atoms with Crippen molar-refractivity contribution in [2.75, 3.05) is 19.7 Å². The molecule has 2 rings (SSSR count). The number of benzene rings is 1. The van der Waals surface area contributed by atoms with Crippen LogP contribution in [0.25, 0.3) is 0 Å². The Morgan fingerprint density at radius 3 is 2.63 bits per heavy atom. The summed E-state index contributed by atoms with van der Waals surface area (Å²) in [4.78, 5) is 2.52. The first-order valence-corrected chi connectivity index (χ1v) is 7.31. The number of aliphatic hydroxyl groups excluding tert-OH is 1. The lowest BCUT2D eigenvalue weighted by Gasteiger charge is -2.20. The van der Waals surface area contributed by atoms with Gasteiger partial charge >= 0.3 is 0 Å². The summed E-state index contributed by atoms with van der Waals surface area (Å²) in [6.07, 6.45) is 4.32. The van der Waals surface area contributed by atoms with Crippen molar-refractivity contribution in [3.8, 4) is 0 Å². The highest BCUT2D eigenvalue weighted by atomic mass is 19.1. The molecule has 1 aliphatic rings. The van der Waals surface area contributed by atoms with Gasteiger partial charge in [-0.05, 0) is 62.8 Å². The molecule has 0 radical (unpaired) electrons. The van der Waals surface area contributed by atoms with Crippen LogP contribution in [0.2, 0.25) is 0 Å². The molecule has 19 heavy (non-hydrogen) atoms. The first-order chi connectivity index (χ1) is 9.20. The molecule has 0 aromatic heterocycles. The van der Waals surface area contributed by atoms with Crippen molar-refractivity contribution in [3.63, 3.8) is 0 Å². The second-order valence-electron chi connectivity index (χ2n) is 5.61. The topological polar surface area (TPSA) is 23.5 Å². The van der Waals surface area contributed by atoms with Crippen LogP contribution in [-0.2, 0) is 0 Å². The van der Waals surface area contributed by atoms with Crippen LogP contribution in [0.4, 0.5) is 4.39 Å². The van der Waals surface area contributed by atoms with Gasteiger partial charge in [0.1, 0.15) is 5.82 Å². The van der Waals surface area contributed by atoms with E-state index in [-0.39, 0.29) is 5.82 Å². The van der Waals surface area contributed by atoms with Gasteiger partial charge in [0.2, 0.25) is 0 Å². The van der Waals surface area contributed by atoms with Gasteiger partial charge in [-0.15, -0.1) is 0 Å². The third kappa shape index (κ3) is 4.02. The quantitative estimate of drug-likeness (QED) is 0.799. The Morgan fingerprint density at radius 2 is 1.95 bits per heavy atom. The standard InChI is InChI=1S/C16H24FNO/c1-13-11-15(14-5-7-16(17)8-6-14)12-18(13)9-3-2-4-10-19/h5-8,13,15,19H,2-4,9-12H2,1H3. The summed E-state index contributed by atoms with van der Waals surface area (Å²) in [7, 11) is 0. The molecule has 2 atom stereocenters. The number of unbranched alkanes of at least 4 members (excludes halogenated alkanes) is 2. The average Bonchev–Trinajstić information content (AvgIpc) is 2.77. The van der Waals surface area contributed by atoms with Gasteiger partial charge in [0.15, 0.2) is 0 Å². The number of halogens is 1. The lowest BCUT2D eigenvalue weighted by atomic mass is 9.97. The number of likely N-dealkylation sites (tertiary alicyclic amines) is 1. The van der Waals surface area contributed by atoms with Gasteiger partial charge in [0.05, 0.1) is 0 Å². The van der Waals surface area contributed by atoms with E-state index in [2.05, 4.69) is 11.8 Å². The highest BCUT2D eigenvalue weighted by Gasteiger charge is 2.29. The van der Waals surface area contributed by atoms with Crippen LogP contribution < -0.4 is 0 Å². The number of aliphatic hydroxyl groups is 1. The van der Waals surface area contributed by atoms with Gasteiger partial charge in [-0.3, -0.25) is 0 Å². The van der Waals surface area contributed by atoms with E-state index < -0.39 is 0 Å². The third-order valence-corrected chi connectivity index (χ3v) is 4.15. The summed E-state index contributed by atoms with van der Waals surface area (Å²) >= 11 is 0. The van der Waals surface area contributed by atoms with Crippen LogP contribution in [0.1, 0.15) is 44.1 Å². The van der Waals surface area contributed by atoms with Gasteiger partial charge in [-0.2, -0.15) is 0 Å². The molecular formula is C16H24FNO. The summed E-state index contributed by atoms with van der Waals surface area (Å²) in [5.41, 5.74) is 1.26. The Morgan fingerprint density at radius 1 is 1.21 bits per heavy atom. The molecule has 0 bridgehead atoms. The van der Waals surface area contributed by atoms with E-state index in [0.29, 0.717) is 18.6 Å². The molecule has 3 heteroatoms. The fraction of sp³-hybridized carbons (Fsp3) is 0.625. The van der Waals surface area contributed by atoms with E-state index in [1.54, 1.807) is 12.1 Å². The predicted molar refractivity (Wildman–Crippen MR) is 75.7 cm³/mol. The molecule has 1 fully saturated rings. The Balaban J connectivity index is 1.84. The zero-order chi connectivity index (χ0) is 13.7. The molecule has 106 valence electrons. The molecule has 1 aromatic carbocycles. The monoisotopic (exact) mass is 265 g/mol. The maximum absolute atomic E-state index is 12.9. The highest BCUT2D eigenvalue weighted by molar-refractivity contribution is 5.22. The second kappa shape index (κ2) is 7.01. The smallest absolute Gasteiger partial charge is 0.123 e. The Labute approximate surface area is 115 Å². The first-order valence-electron chi connectivity index (χ1n) is 7.31. The van der Waals surface area contributed by atoms with Crippen molar-refractivity contribution in [1.82, 2.24) is 4.90 Å². The van der Waals surface area contributed by atoms with Crippen molar-refractivity contribution in [3.05, 3.63) is 35.6 Å². The zero-order valence-electron chi connectivity index (χ0n) is 11.7. The molecule has 0 aliphatic carbocycles. The molecule has 1 N–H and O–H groups in total. The van der Waals surface area contributed by atoms with Crippen LogP contribution in [0.5, 0.6) is 0 Å². The summed E-state index contributed by atoms with van der Waals surface area (Å²) in [6, 6.07) is 7.56. The van der Waals surface area contributed by atoms with E-state index in [1.807, 2.05) is 12.1 Å². The molecular weight excluding hydrogens is 241 g/mol. The molecule has 1 saturated heterocycles. The van der Waals surface area contributed by atoms with Crippen LogP contribution in [0, 0.1) is 5.82 Å². The van der Waals surface area contributed by atoms with Gasteiger partial charge in [0, 0.05) is 19.2 Å². The summed E-state index contributed by atoms with van der Waals surface area (Å²) in [6.45, 7) is 4.76. The summed E-state index contributed by atoms with van der Waals surface area (Å²) < 4.78 is 12.9. The Kier molecular flexibility index (Phi) is 5.34. The Bertz CT molecular complexity index is 379. The maximum atomic E-state index is 12.9. The van der Waals surface area contributed by atoms with Gasteiger partial charge in [-0.25, -0.2) is 4.39 Å². The minimum absolute atomic E-state index is 0.157. The van der Waals surface area contributed by atoms with Gasteiger partial charge in [-0.1, -0.05) is 12.1 Å². The lowest BCUT2D eigenvalue weighted by Crippen LogP contribution is -2.28. The van der Waals surface area contributed by atoms with E-state index in [9.17, 15) is 4.39 Å². The van der Waals surface area contributed by atoms with Crippen molar-refractivity contribution in [2.45, 2.75) is 44.6 Å². The fourth-order valence-corrected chi connectivity index (χ4v) is 2.99. The molecule has 0 amide bonds. The number of nitrogens with zero attached hydrogens (tertiary/aromatic N) is 1. The van der Waals surface area contributed by atoms with Gasteiger partial charge in [0.25, 0.3) is 0 Å². The average molecular weight is 265 g/mol. The molecule has 2 nitrogen and oxygen atoms in total. The SMILES string of the molecule is CC1CC(c2ccc(F)cc2)CN1CCCCCO. The lowest BCUT2D eigenvalue weighted by molar-refractivity contribution is 0.248. The maximum Gasteiger partial charge on any atom is 0.123 e. The minimum Gasteiger partial charge on any atom is -0.396 e. The zero-order valence-corrected chi connectivity index (χ0v) is 11.7. The number of rotatable bonds is 6. The normalized spacial score (nSPS) is 23.9. The van der Waals surface area contributed by atoms with Crippen molar-refractivity contribution >= 4 is 0 Å². The van der Waals surface area contributed by atoms with E-state index in [0.717, 1.165) is 38.8 Å². The summed E-state index contributed by atoms with van der Waals surface area (Å²) in [5.74, 6) is 0.379. The molecule has 0 saturated carbocycles. The van der Waals surface area contributed by atoms with Crippen LogP contribution in [0.3, 0.4) is 0 Å². The molecule has 1 aromatic rings. The molecule has 1 aliphatic heterocycles. The van der Waals surface area contributed by atoms with E-state index in [4.69, 9.17) is 5.11 Å². The molecule has 2 unspecified atom stereocenters. The van der Waals surface area contributed by atoms with E-state index in [1.165, 1.54) is 5.56 Å². The highest BCUT2D eigenvalue weighted by Crippen LogP contribution is 2.31. The van der Waals surface area contributed by atoms with Crippen molar-refractivity contribution < 1.29 is 9.50 Å².